The van der Waals surface area contributed by atoms with E-state index in [9.17, 15) is 4.79 Å². The molecule has 1 aromatic heterocycles. The van der Waals surface area contributed by atoms with Crippen LogP contribution in [-0.2, 0) is 0 Å². The summed E-state index contributed by atoms with van der Waals surface area (Å²) in [7, 11) is 0. The second kappa shape index (κ2) is 6.52. The first kappa shape index (κ1) is 13.8. The molecule has 0 spiro atoms. The smallest absolute Gasteiger partial charge is 0.356 e. The molecule has 0 amide bonds. The number of aromatic carboxylic acids is 1. The van der Waals surface area contributed by atoms with Crippen LogP contribution in [0.1, 0.15) is 36.7 Å². The van der Waals surface area contributed by atoms with Crippen LogP contribution in [0.3, 0.4) is 0 Å². The van der Waals surface area contributed by atoms with Gasteiger partial charge in [0.15, 0.2) is 5.69 Å². The third kappa shape index (κ3) is 3.92. The third-order valence-electron chi connectivity index (χ3n) is 3.39. The maximum atomic E-state index is 11.1. The first-order valence-electron chi connectivity index (χ1n) is 6.84. The van der Waals surface area contributed by atoms with E-state index in [0.29, 0.717) is 5.69 Å². The number of likely N-dealkylation sites (tertiary alicyclic amines) is 1. The number of hydrogen-bond acceptors (Lipinski definition) is 4. The molecule has 0 aromatic carbocycles. The molecule has 0 bridgehead atoms. The van der Waals surface area contributed by atoms with Crippen LogP contribution in [0.4, 0.5) is 5.69 Å². The fraction of sp³-hybridized carbons (Fsp3) is 0.571. The fourth-order valence-corrected chi connectivity index (χ4v) is 2.53. The van der Waals surface area contributed by atoms with Crippen molar-refractivity contribution in [3.63, 3.8) is 0 Å². The minimum Gasteiger partial charge on any atom is -0.476 e. The molecule has 0 aliphatic carbocycles. The Morgan fingerprint density at radius 2 is 2.21 bits per heavy atom. The summed E-state index contributed by atoms with van der Waals surface area (Å²) in [5.41, 5.74) is 0.688. The van der Waals surface area contributed by atoms with E-state index in [4.69, 9.17) is 5.11 Å². The number of pyridine rings is 1. The van der Waals surface area contributed by atoms with Gasteiger partial charge in [-0.2, -0.15) is 0 Å². The van der Waals surface area contributed by atoms with Gasteiger partial charge in [-0.25, -0.2) is 9.78 Å². The predicted octanol–water partition coefficient (Wildman–Crippen LogP) is 2.07. The van der Waals surface area contributed by atoms with Crippen molar-refractivity contribution in [3.05, 3.63) is 24.0 Å². The molecule has 1 unspecified atom stereocenters. The van der Waals surface area contributed by atoms with E-state index in [0.717, 1.165) is 19.6 Å². The Bertz CT molecular complexity index is 430. The number of carboxylic acid groups (broad SMARTS) is 1. The molecule has 5 nitrogen and oxygen atoms in total. The Morgan fingerprint density at radius 3 is 2.89 bits per heavy atom. The zero-order valence-electron chi connectivity index (χ0n) is 11.3. The standard InChI is InChI=1S/C14H21N3O2/c1-11(10-17-8-3-2-4-9-17)16-12-6-5-7-15-13(12)14(18)19/h5-7,11,16H,2-4,8-10H2,1H3,(H,18,19). The number of nitrogens with one attached hydrogen (secondary N) is 1. The van der Waals surface area contributed by atoms with Crippen molar-refractivity contribution in [3.8, 4) is 0 Å². The first-order chi connectivity index (χ1) is 9.16. The summed E-state index contributed by atoms with van der Waals surface area (Å²) in [4.78, 5) is 17.4. The molecule has 5 heteroatoms. The fourth-order valence-electron chi connectivity index (χ4n) is 2.53. The Labute approximate surface area is 113 Å². The van der Waals surface area contributed by atoms with Crippen LogP contribution in [-0.4, -0.2) is 46.6 Å². The molecule has 2 N–H and O–H groups in total. The Kier molecular flexibility index (Phi) is 4.74. The molecule has 0 radical (unpaired) electrons. The lowest BCUT2D eigenvalue weighted by atomic mass is 10.1. The molecular weight excluding hydrogens is 242 g/mol. The molecule has 1 fully saturated rings. The van der Waals surface area contributed by atoms with Crippen LogP contribution in [0.2, 0.25) is 0 Å². The summed E-state index contributed by atoms with van der Waals surface area (Å²) >= 11 is 0. The van der Waals surface area contributed by atoms with Crippen molar-refractivity contribution in [2.45, 2.75) is 32.2 Å². The van der Waals surface area contributed by atoms with Crippen molar-refractivity contribution < 1.29 is 9.90 Å². The van der Waals surface area contributed by atoms with Crippen LogP contribution in [0, 0.1) is 0 Å². The van der Waals surface area contributed by atoms with E-state index in [-0.39, 0.29) is 11.7 Å². The first-order valence-corrected chi connectivity index (χ1v) is 6.84. The molecule has 2 heterocycles. The Hall–Kier alpha value is -1.62. The van der Waals surface area contributed by atoms with E-state index in [1.807, 2.05) is 0 Å². The molecule has 0 saturated carbocycles. The number of carbonyl (C=O) groups is 1. The lowest BCUT2D eigenvalue weighted by Gasteiger charge is -2.29. The van der Waals surface area contributed by atoms with Gasteiger partial charge in [-0.15, -0.1) is 0 Å². The number of anilines is 1. The monoisotopic (exact) mass is 263 g/mol. The summed E-state index contributed by atoms with van der Waals surface area (Å²) in [6.45, 7) is 5.30. The van der Waals surface area contributed by atoms with E-state index in [2.05, 4.69) is 22.1 Å². The summed E-state index contributed by atoms with van der Waals surface area (Å²) in [5.74, 6) is -0.992. The van der Waals surface area contributed by atoms with Crippen LogP contribution < -0.4 is 5.32 Å². The summed E-state index contributed by atoms with van der Waals surface area (Å²) < 4.78 is 0. The van der Waals surface area contributed by atoms with Gasteiger partial charge in [-0.05, 0) is 45.0 Å². The third-order valence-corrected chi connectivity index (χ3v) is 3.39. The normalized spacial score (nSPS) is 17.9. The molecule has 1 aromatic rings. The van der Waals surface area contributed by atoms with Crippen molar-refractivity contribution in [2.75, 3.05) is 25.0 Å². The summed E-state index contributed by atoms with van der Waals surface area (Å²) in [6.07, 6.45) is 5.36. The zero-order chi connectivity index (χ0) is 13.7. The highest BCUT2D eigenvalue weighted by molar-refractivity contribution is 5.91. The Morgan fingerprint density at radius 1 is 1.47 bits per heavy atom. The van der Waals surface area contributed by atoms with Crippen molar-refractivity contribution in [1.29, 1.82) is 0 Å². The number of piperidine rings is 1. The highest BCUT2D eigenvalue weighted by Gasteiger charge is 2.16. The van der Waals surface area contributed by atoms with Crippen LogP contribution in [0.15, 0.2) is 18.3 Å². The number of aromatic nitrogens is 1. The predicted molar refractivity (Wildman–Crippen MR) is 74.6 cm³/mol. The van der Waals surface area contributed by atoms with E-state index < -0.39 is 5.97 Å². The highest BCUT2D eigenvalue weighted by atomic mass is 16.4. The number of rotatable bonds is 5. The van der Waals surface area contributed by atoms with Gasteiger partial charge in [-0.3, -0.25) is 0 Å². The second-order valence-corrected chi connectivity index (χ2v) is 5.11. The average molecular weight is 263 g/mol. The Balaban J connectivity index is 1.94. The summed E-state index contributed by atoms with van der Waals surface area (Å²) in [6, 6.07) is 3.73. The maximum Gasteiger partial charge on any atom is 0.356 e. The van der Waals surface area contributed by atoms with Gasteiger partial charge in [0.2, 0.25) is 0 Å². The van der Waals surface area contributed by atoms with E-state index >= 15 is 0 Å². The van der Waals surface area contributed by atoms with Gasteiger partial charge < -0.3 is 15.3 Å². The molecule has 2 rings (SSSR count). The van der Waals surface area contributed by atoms with Gasteiger partial charge >= 0.3 is 5.97 Å². The molecule has 104 valence electrons. The summed E-state index contributed by atoms with van der Waals surface area (Å²) in [5, 5.41) is 12.3. The minimum absolute atomic E-state index is 0.0907. The van der Waals surface area contributed by atoms with Gasteiger partial charge in [0.05, 0.1) is 5.69 Å². The van der Waals surface area contributed by atoms with Gasteiger partial charge in [0.1, 0.15) is 0 Å². The number of nitrogens with zero attached hydrogens (tertiary/aromatic N) is 2. The number of hydrogen-bond donors (Lipinski definition) is 2. The molecule has 1 saturated heterocycles. The lowest BCUT2D eigenvalue weighted by Crippen LogP contribution is -2.38. The molecular formula is C14H21N3O2. The molecule has 1 aliphatic heterocycles. The van der Waals surface area contributed by atoms with Gasteiger partial charge in [-0.1, -0.05) is 6.42 Å². The lowest BCUT2D eigenvalue weighted by molar-refractivity contribution is 0.0691. The van der Waals surface area contributed by atoms with Crippen molar-refractivity contribution in [2.24, 2.45) is 0 Å². The zero-order valence-corrected chi connectivity index (χ0v) is 11.3. The van der Waals surface area contributed by atoms with E-state index in [1.165, 1.54) is 25.5 Å². The molecule has 19 heavy (non-hydrogen) atoms. The number of carboxylic acids is 1. The quantitative estimate of drug-likeness (QED) is 0.851. The SMILES string of the molecule is CC(CN1CCCCC1)Nc1cccnc1C(=O)O. The van der Waals surface area contributed by atoms with Crippen LogP contribution in [0.25, 0.3) is 0 Å². The van der Waals surface area contributed by atoms with Crippen molar-refractivity contribution >= 4 is 11.7 Å². The van der Waals surface area contributed by atoms with Crippen LogP contribution >= 0.6 is 0 Å². The second-order valence-electron chi connectivity index (χ2n) is 5.11. The van der Waals surface area contributed by atoms with Gasteiger partial charge in [0.25, 0.3) is 0 Å². The molecule has 1 aliphatic rings. The maximum absolute atomic E-state index is 11.1. The average Bonchev–Trinajstić information content (AvgIpc) is 2.40. The van der Waals surface area contributed by atoms with Crippen LogP contribution in [0.5, 0.6) is 0 Å². The van der Waals surface area contributed by atoms with Crippen molar-refractivity contribution in [1.82, 2.24) is 9.88 Å². The van der Waals surface area contributed by atoms with Gasteiger partial charge in [0, 0.05) is 18.8 Å². The topological polar surface area (TPSA) is 65.5 Å². The van der Waals surface area contributed by atoms with E-state index in [1.54, 1.807) is 12.1 Å². The minimum atomic E-state index is -0.992. The molecule has 1 atom stereocenters. The largest absolute Gasteiger partial charge is 0.476 e. The highest BCUT2D eigenvalue weighted by Crippen LogP contribution is 2.15.